The highest BCUT2D eigenvalue weighted by Gasteiger charge is 2.08. The van der Waals surface area contributed by atoms with Gasteiger partial charge in [0, 0.05) is 12.3 Å². The van der Waals surface area contributed by atoms with Crippen molar-refractivity contribution >= 4 is 18.1 Å². The van der Waals surface area contributed by atoms with Crippen LogP contribution in [0.1, 0.15) is 11.4 Å². The minimum Gasteiger partial charge on any atom is -0.479 e. The topological polar surface area (TPSA) is 118 Å². The number of carbonyl (C=O) groups is 2. The fourth-order valence-corrected chi connectivity index (χ4v) is 1.76. The smallest absolute Gasteiger partial charge is 0.423 e. The predicted octanol–water partition coefficient (Wildman–Crippen LogP) is 0.896. The van der Waals surface area contributed by atoms with Crippen molar-refractivity contribution in [2.75, 3.05) is 7.11 Å². The Morgan fingerprint density at radius 2 is 2.13 bits per heavy atom. The van der Waals surface area contributed by atoms with E-state index in [1.807, 2.05) is 18.5 Å². The summed E-state index contributed by atoms with van der Waals surface area (Å²) in [5, 5.41) is 8.37. The number of ether oxygens (including phenoxy) is 1. The maximum absolute atomic E-state index is 11.4. The van der Waals surface area contributed by atoms with Gasteiger partial charge < -0.3 is 14.4 Å². The molecule has 0 aliphatic rings. The van der Waals surface area contributed by atoms with Crippen molar-refractivity contribution < 1.29 is 19.4 Å². The van der Waals surface area contributed by atoms with E-state index in [1.54, 1.807) is 28.5 Å². The van der Waals surface area contributed by atoms with Gasteiger partial charge in [-0.2, -0.15) is 0 Å². The van der Waals surface area contributed by atoms with E-state index in [2.05, 4.69) is 9.97 Å². The zero-order valence-electron chi connectivity index (χ0n) is 12.5. The number of hydrogen-bond donors (Lipinski definition) is 3. The Kier molecular flexibility index (Phi) is 4.92. The first-order valence-electron chi connectivity index (χ1n) is 6.52. The lowest BCUT2D eigenvalue weighted by atomic mass is 10.3. The van der Waals surface area contributed by atoms with Crippen LogP contribution >= 0.6 is 0 Å². The van der Waals surface area contributed by atoms with Crippen LogP contribution in [0.5, 0.6) is 5.88 Å². The molecule has 2 rings (SSSR count). The van der Waals surface area contributed by atoms with Crippen molar-refractivity contribution in [2.24, 2.45) is 0 Å². The number of hydrazine groups is 1. The molecule has 23 heavy (non-hydrogen) atoms. The summed E-state index contributed by atoms with van der Waals surface area (Å²) in [7, 11) is 1.49. The molecule has 0 aliphatic heterocycles. The van der Waals surface area contributed by atoms with E-state index in [-0.39, 0.29) is 0 Å². The molecule has 0 saturated carbocycles. The van der Waals surface area contributed by atoms with Gasteiger partial charge in [0.05, 0.1) is 24.8 Å². The van der Waals surface area contributed by atoms with Gasteiger partial charge >= 0.3 is 6.09 Å². The lowest BCUT2D eigenvalue weighted by Gasteiger charge is -2.08. The fraction of sp³-hybridized carbons (Fsp3) is 0.143. The number of amides is 2. The van der Waals surface area contributed by atoms with Crippen molar-refractivity contribution in [1.29, 1.82) is 0 Å². The van der Waals surface area contributed by atoms with E-state index in [0.29, 0.717) is 17.3 Å². The molecule has 2 amide bonds. The number of hydrogen-bond acceptors (Lipinski definition) is 5. The molecule has 0 atom stereocenters. The number of carbonyl (C=O) groups excluding carboxylic acids is 1. The molecule has 0 unspecified atom stereocenters. The molecule has 2 aromatic rings. The maximum atomic E-state index is 11.4. The van der Waals surface area contributed by atoms with Crippen LogP contribution in [0.3, 0.4) is 0 Å². The van der Waals surface area contributed by atoms with Gasteiger partial charge in [-0.15, -0.1) is 0 Å². The largest absolute Gasteiger partial charge is 0.479 e. The van der Waals surface area contributed by atoms with Crippen LogP contribution in [0.4, 0.5) is 4.79 Å². The number of pyridine rings is 1. The third-order valence-corrected chi connectivity index (χ3v) is 2.74. The van der Waals surface area contributed by atoms with Gasteiger partial charge in [-0.25, -0.2) is 20.2 Å². The SMILES string of the molecule is COc1nc(/C=C/C(=O)NNC(=O)O)ccc1-n1cnc(C)c1. The summed E-state index contributed by atoms with van der Waals surface area (Å²) in [4.78, 5) is 30.0. The van der Waals surface area contributed by atoms with Gasteiger partial charge in [-0.1, -0.05) is 0 Å². The number of nitrogens with one attached hydrogen (secondary N) is 2. The number of methoxy groups -OCH3 is 1. The van der Waals surface area contributed by atoms with Crippen molar-refractivity contribution in [3.05, 3.63) is 42.1 Å². The zero-order chi connectivity index (χ0) is 16.8. The minimum atomic E-state index is -1.36. The molecule has 0 saturated heterocycles. The monoisotopic (exact) mass is 317 g/mol. The number of imidazole rings is 1. The molecule has 0 aliphatic carbocycles. The fourth-order valence-electron chi connectivity index (χ4n) is 1.76. The lowest BCUT2D eigenvalue weighted by Crippen LogP contribution is -2.39. The van der Waals surface area contributed by atoms with Crippen LogP contribution in [0.15, 0.2) is 30.7 Å². The molecule has 9 heteroatoms. The van der Waals surface area contributed by atoms with E-state index in [4.69, 9.17) is 9.84 Å². The molecule has 0 fully saturated rings. The van der Waals surface area contributed by atoms with Gasteiger partial charge in [-0.3, -0.25) is 10.2 Å². The van der Waals surface area contributed by atoms with Crippen LogP contribution in [0.25, 0.3) is 11.8 Å². The molecule has 0 bridgehead atoms. The number of aromatic nitrogens is 3. The molecule has 3 N–H and O–H groups in total. The Hall–Kier alpha value is -3.36. The van der Waals surface area contributed by atoms with Gasteiger partial charge in [0.2, 0.25) is 5.88 Å². The summed E-state index contributed by atoms with van der Waals surface area (Å²) in [6, 6.07) is 3.47. The van der Waals surface area contributed by atoms with E-state index in [9.17, 15) is 9.59 Å². The second kappa shape index (κ2) is 7.07. The van der Waals surface area contributed by atoms with E-state index >= 15 is 0 Å². The van der Waals surface area contributed by atoms with E-state index in [0.717, 1.165) is 11.8 Å². The number of nitrogens with zero attached hydrogens (tertiary/aromatic N) is 3. The van der Waals surface area contributed by atoms with Gasteiger partial charge in [0.1, 0.15) is 5.69 Å². The summed E-state index contributed by atoms with van der Waals surface area (Å²) in [6.45, 7) is 1.87. The van der Waals surface area contributed by atoms with Crippen molar-refractivity contribution in [2.45, 2.75) is 6.92 Å². The van der Waals surface area contributed by atoms with Crippen LogP contribution in [-0.4, -0.2) is 38.8 Å². The van der Waals surface area contributed by atoms with Crippen molar-refractivity contribution in [1.82, 2.24) is 25.4 Å². The van der Waals surface area contributed by atoms with E-state index < -0.39 is 12.0 Å². The first-order chi connectivity index (χ1) is 11.0. The van der Waals surface area contributed by atoms with Crippen LogP contribution in [-0.2, 0) is 4.79 Å². The average Bonchev–Trinajstić information content (AvgIpc) is 2.96. The Morgan fingerprint density at radius 1 is 1.35 bits per heavy atom. The molecule has 120 valence electrons. The number of rotatable bonds is 4. The Balaban J connectivity index is 2.16. The Bertz CT molecular complexity index is 753. The highest BCUT2D eigenvalue weighted by Crippen LogP contribution is 2.21. The summed E-state index contributed by atoms with van der Waals surface area (Å²) in [6.07, 6.45) is 4.71. The van der Waals surface area contributed by atoms with Gasteiger partial charge in [0.15, 0.2) is 0 Å². The van der Waals surface area contributed by atoms with E-state index in [1.165, 1.54) is 13.2 Å². The molecule has 0 aromatic carbocycles. The minimum absolute atomic E-state index is 0.369. The third kappa shape index (κ3) is 4.30. The molecule has 0 spiro atoms. The molecule has 9 nitrogen and oxygen atoms in total. The standard InChI is InChI=1S/C14H15N5O4/c1-9-7-19(8-15-9)11-5-3-10(16-13(11)23-2)4-6-12(20)17-18-14(21)22/h3-8,18H,1-2H3,(H,17,20)(H,21,22)/b6-4+. The molecule has 0 radical (unpaired) electrons. The second-order valence-electron chi connectivity index (χ2n) is 4.44. The lowest BCUT2D eigenvalue weighted by molar-refractivity contribution is -0.117. The van der Waals surface area contributed by atoms with Gasteiger partial charge in [-0.05, 0) is 25.1 Å². The van der Waals surface area contributed by atoms with Crippen molar-refractivity contribution in [3.63, 3.8) is 0 Å². The quantitative estimate of drug-likeness (QED) is 0.569. The second-order valence-corrected chi connectivity index (χ2v) is 4.44. The molecule has 2 heterocycles. The highest BCUT2D eigenvalue weighted by molar-refractivity contribution is 5.92. The first kappa shape index (κ1) is 16.0. The first-order valence-corrected chi connectivity index (χ1v) is 6.52. The van der Waals surface area contributed by atoms with Crippen LogP contribution in [0, 0.1) is 6.92 Å². The summed E-state index contributed by atoms with van der Waals surface area (Å²) in [5.74, 6) is -0.254. The Morgan fingerprint density at radius 3 is 2.74 bits per heavy atom. The summed E-state index contributed by atoms with van der Waals surface area (Å²) < 4.78 is 7.03. The van der Waals surface area contributed by atoms with Gasteiger partial charge in [0.25, 0.3) is 5.91 Å². The normalized spacial score (nSPS) is 10.5. The average molecular weight is 317 g/mol. The maximum Gasteiger partial charge on any atom is 0.423 e. The molecular weight excluding hydrogens is 302 g/mol. The van der Waals surface area contributed by atoms with Crippen LogP contribution < -0.4 is 15.6 Å². The number of carboxylic acid groups (broad SMARTS) is 1. The van der Waals surface area contributed by atoms with Crippen LogP contribution in [0.2, 0.25) is 0 Å². The highest BCUT2D eigenvalue weighted by atomic mass is 16.5. The van der Waals surface area contributed by atoms with Crippen molar-refractivity contribution in [3.8, 4) is 11.6 Å². The molecule has 2 aromatic heterocycles. The third-order valence-electron chi connectivity index (χ3n) is 2.74. The predicted molar refractivity (Wildman–Crippen MR) is 81.0 cm³/mol. The number of aryl methyl sites for hydroxylation is 1. The molecular formula is C14H15N5O4. The zero-order valence-corrected chi connectivity index (χ0v) is 12.5. The summed E-state index contributed by atoms with van der Waals surface area (Å²) >= 11 is 0. The Labute approximate surface area is 131 Å². The summed E-state index contributed by atoms with van der Waals surface area (Å²) in [5.41, 5.74) is 5.77.